The first-order valence-corrected chi connectivity index (χ1v) is 2.99. The molecule has 0 aliphatic carbocycles. The lowest BCUT2D eigenvalue weighted by Gasteiger charge is -2.01. The van der Waals surface area contributed by atoms with Crippen LogP contribution in [0, 0.1) is 0 Å². The second-order valence-electron chi connectivity index (χ2n) is 2.15. The summed E-state index contributed by atoms with van der Waals surface area (Å²) in [6.45, 7) is 2.85. The average Bonchev–Trinajstić information content (AvgIpc) is 1.58. The van der Waals surface area contributed by atoms with Gasteiger partial charge in [0.25, 0.3) is 0 Å². The smallest absolute Gasteiger partial charge is 0.314 e. The molecule has 0 spiro atoms. The second kappa shape index (κ2) is 4.00. The van der Waals surface area contributed by atoms with Gasteiger partial charge in [0.05, 0.1) is 6.42 Å². The van der Waals surface area contributed by atoms with Gasteiger partial charge in [0.15, 0.2) is 0 Å². The molecule has 0 heterocycles. The normalized spacial score (nSPS) is 12.3. The molecular weight excluding hydrogens is 134 g/mol. The summed E-state index contributed by atoms with van der Waals surface area (Å²) >= 11 is 0. The van der Waals surface area contributed by atoms with Gasteiger partial charge in [0, 0.05) is 13.0 Å². The lowest BCUT2D eigenvalue weighted by Crippen LogP contribution is -2.22. The number of hydrogen-bond donors (Lipinski definition) is 1. The van der Waals surface area contributed by atoms with Gasteiger partial charge in [-0.25, -0.2) is 0 Å². The first-order valence-electron chi connectivity index (χ1n) is 2.99. The molecule has 0 aliphatic rings. The maximum Gasteiger partial charge on any atom is 0.314 e. The second-order valence-corrected chi connectivity index (χ2v) is 2.15. The Morgan fingerprint density at radius 3 is 2.40 bits per heavy atom. The van der Waals surface area contributed by atoms with Gasteiger partial charge in [-0.2, -0.15) is 0 Å². The van der Waals surface area contributed by atoms with E-state index < -0.39 is 11.9 Å². The summed E-state index contributed by atoms with van der Waals surface area (Å²) in [5.41, 5.74) is 5.26. The van der Waals surface area contributed by atoms with Crippen LogP contribution in [0.15, 0.2) is 0 Å². The van der Waals surface area contributed by atoms with Gasteiger partial charge in [0.1, 0.15) is 0 Å². The number of esters is 2. The fourth-order valence-corrected chi connectivity index (χ4v) is 0.465. The SMILES string of the molecule is CC(=O)OC(=O)C[C@H](C)N. The molecule has 58 valence electrons. The van der Waals surface area contributed by atoms with Crippen molar-refractivity contribution in [1.29, 1.82) is 0 Å². The van der Waals surface area contributed by atoms with Crippen molar-refractivity contribution < 1.29 is 14.3 Å². The molecule has 4 heteroatoms. The molecule has 0 aromatic rings. The number of carbonyl (C=O) groups is 2. The quantitative estimate of drug-likeness (QED) is 0.432. The molecule has 0 saturated carbocycles. The summed E-state index contributed by atoms with van der Waals surface area (Å²) in [6, 6.07) is -0.258. The van der Waals surface area contributed by atoms with Gasteiger partial charge in [-0.3, -0.25) is 9.59 Å². The summed E-state index contributed by atoms with van der Waals surface area (Å²) in [5, 5.41) is 0. The maximum atomic E-state index is 10.5. The van der Waals surface area contributed by atoms with E-state index in [0.717, 1.165) is 0 Å². The zero-order valence-electron chi connectivity index (χ0n) is 6.09. The van der Waals surface area contributed by atoms with Crippen LogP contribution in [-0.2, 0) is 14.3 Å². The van der Waals surface area contributed by atoms with Crippen molar-refractivity contribution in [3.63, 3.8) is 0 Å². The molecule has 0 rings (SSSR count). The molecule has 0 aromatic carbocycles. The van der Waals surface area contributed by atoms with Crippen molar-refractivity contribution in [3.05, 3.63) is 0 Å². The fraction of sp³-hybridized carbons (Fsp3) is 0.667. The highest BCUT2D eigenvalue weighted by Crippen LogP contribution is 1.90. The molecule has 0 radical (unpaired) electrons. The summed E-state index contributed by atoms with van der Waals surface area (Å²) < 4.78 is 4.20. The first kappa shape index (κ1) is 9.10. The topological polar surface area (TPSA) is 69.4 Å². The van der Waals surface area contributed by atoms with Crippen LogP contribution < -0.4 is 5.73 Å². The van der Waals surface area contributed by atoms with Gasteiger partial charge < -0.3 is 10.5 Å². The maximum absolute atomic E-state index is 10.5. The highest BCUT2D eigenvalue weighted by atomic mass is 16.6. The zero-order valence-corrected chi connectivity index (χ0v) is 6.09. The number of rotatable bonds is 2. The van der Waals surface area contributed by atoms with Crippen LogP contribution in [0.5, 0.6) is 0 Å². The molecule has 1 atom stereocenters. The van der Waals surface area contributed by atoms with Gasteiger partial charge in [-0.1, -0.05) is 0 Å². The van der Waals surface area contributed by atoms with Crippen LogP contribution in [0.1, 0.15) is 20.3 Å². The van der Waals surface area contributed by atoms with Crippen LogP contribution in [0.25, 0.3) is 0 Å². The van der Waals surface area contributed by atoms with Crippen molar-refractivity contribution in [1.82, 2.24) is 0 Å². The molecule has 10 heavy (non-hydrogen) atoms. The largest absolute Gasteiger partial charge is 0.393 e. The van der Waals surface area contributed by atoms with Gasteiger partial charge in [-0.05, 0) is 6.92 Å². The molecule has 0 fully saturated rings. The van der Waals surface area contributed by atoms with Crippen LogP contribution >= 0.6 is 0 Å². The molecule has 0 saturated heterocycles. The minimum absolute atomic E-state index is 0.0829. The standard InChI is InChI=1S/C6H11NO3/c1-4(7)3-6(9)10-5(2)8/h4H,3,7H2,1-2H3/t4-/m0/s1. The summed E-state index contributed by atoms with van der Waals surface area (Å²) in [7, 11) is 0. The van der Waals surface area contributed by atoms with E-state index in [1.807, 2.05) is 0 Å². The third-order valence-corrected chi connectivity index (χ3v) is 0.746. The Hall–Kier alpha value is -0.900. The van der Waals surface area contributed by atoms with E-state index >= 15 is 0 Å². The summed E-state index contributed by atoms with van der Waals surface area (Å²) in [4.78, 5) is 20.7. The first-order chi connectivity index (χ1) is 4.52. The molecule has 0 bridgehead atoms. The van der Waals surface area contributed by atoms with Crippen molar-refractivity contribution in [2.45, 2.75) is 26.3 Å². The zero-order chi connectivity index (χ0) is 8.15. The minimum Gasteiger partial charge on any atom is -0.393 e. The number of ether oxygens (including phenoxy) is 1. The number of nitrogens with two attached hydrogens (primary N) is 1. The average molecular weight is 145 g/mol. The van der Waals surface area contributed by atoms with E-state index in [1.165, 1.54) is 6.92 Å². The summed E-state index contributed by atoms with van der Waals surface area (Å²) in [6.07, 6.45) is 0.0829. The highest BCUT2D eigenvalue weighted by Gasteiger charge is 2.07. The van der Waals surface area contributed by atoms with Gasteiger partial charge >= 0.3 is 11.9 Å². The van der Waals surface area contributed by atoms with Crippen LogP contribution in [-0.4, -0.2) is 18.0 Å². The van der Waals surface area contributed by atoms with Gasteiger partial charge in [-0.15, -0.1) is 0 Å². The van der Waals surface area contributed by atoms with Crippen LogP contribution in [0.2, 0.25) is 0 Å². The summed E-state index contributed by atoms with van der Waals surface area (Å²) in [5.74, 6) is -1.16. The minimum atomic E-state index is -0.592. The molecule has 0 amide bonds. The van der Waals surface area contributed by atoms with E-state index in [1.54, 1.807) is 6.92 Å². The van der Waals surface area contributed by atoms with E-state index in [-0.39, 0.29) is 12.5 Å². The Balaban J connectivity index is 3.54. The number of carbonyl (C=O) groups excluding carboxylic acids is 2. The molecular formula is C6H11NO3. The third-order valence-electron chi connectivity index (χ3n) is 0.746. The van der Waals surface area contributed by atoms with Crippen molar-refractivity contribution in [3.8, 4) is 0 Å². The van der Waals surface area contributed by atoms with E-state index in [0.29, 0.717) is 0 Å². The highest BCUT2D eigenvalue weighted by molar-refractivity contribution is 5.84. The predicted molar refractivity (Wildman–Crippen MR) is 35.0 cm³/mol. The molecule has 0 unspecified atom stereocenters. The molecule has 0 aliphatic heterocycles. The monoisotopic (exact) mass is 145 g/mol. The molecule has 4 nitrogen and oxygen atoms in total. The predicted octanol–water partition coefficient (Wildman–Crippen LogP) is -0.187. The van der Waals surface area contributed by atoms with E-state index in [9.17, 15) is 9.59 Å². The Kier molecular flexibility index (Phi) is 3.64. The fourth-order valence-electron chi connectivity index (χ4n) is 0.465. The van der Waals surface area contributed by atoms with E-state index in [2.05, 4.69) is 4.74 Å². The lowest BCUT2D eigenvalue weighted by atomic mass is 10.3. The molecule has 0 aromatic heterocycles. The number of hydrogen-bond acceptors (Lipinski definition) is 4. The van der Waals surface area contributed by atoms with Crippen molar-refractivity contribution in [2.24, 2.45) is 5.73 Å². The molecule has 2 N–H and O–H groups in total. The van der Waals surface area contributed by atoms with Crippen LogP contribution in [0.4, 0.5) is 0 Å². The van der Waals surface area contributed by atoms with Crippen molar-refractivity contribution >= 4 is 11.9 Å². The van der Waals surface area contributed by atoms with Crippen molar-refractivity contribution in [2.75, 3.05) is 0 Å². The van der Waals surface area contributed by atoms with Crippen LogP contribution in [0.3, 0.4) is 0 Å². The van der Waals surface area contributed by atoms with Gasteiger partial charge in [0.2, 0.25) is 0 Å². The Bertz CT molecular complexity index is 142. The van der Waals surface area contributed by atoms with E-state index in [4.69, 9.17) is 5.73 Å². The third kappa shape index (κ3) is 5.24. The Morgan fingerprint density at radius 1 is 1.60 bits per heavy atom. The Morgan fingerprint density at radius 2 is 2.10 bits per heavy atom. The lowest BCUT2D eigenvalue weighted by molar-refractivity contribution is -0.158. The Labute approximate surface area is 59.3 Å².